The van der Waals surface area contributed by atoms with Gasteiger partial charge in [0.25, 0.3) is 0 Å². The standard InChI is InChI=1S/C13H15ClN2OS/c1-8-6-18-7-11(8)13(16-15)10-5-9(14)3-4-12(10)17-2/h3-7,13,16H,15H2,1-2H3. The predicted octanol–water partition coefficient (Wildman–Crippen LogP) is 3.27. The average Bonchev–Trinajstić information content (AvgIpc) is 2.77. The van der Waals surface area contributed by atoms with E-state index in [-0.39, 0.29) is 6.04 Å². The van der Waals surface area contributed by atoms with Crippen molar-refractivity contribution in [3.05, 3.63) is 50.7 Å². The molecule has 3 nitrogen and oxygen atoms in total. The molecule has 0 bridgehead atoms. The smallest absolute Gasteiger partial charge is 0.124 e. The maximum atomic E-state index is 6.05. The number of hydrogen-bond acceptors (Lipinski definition) is 4. The highest BCUT2D eigenvalue weighted by Crippen LogP contribution is 2.34. The number of aryl methyl sites for hydroxylation is 1. The lowest BCUT2D eigenvalue weighted by atomic mass is 9.98. The third kappa shape index (κ3) is 2.52. The van der Waals surface area contributed by atoms with Crippen LogP contribution in [0.1, 0.15) is 22.7 Å². The highest BCUT2D eigenvalue weighted by atomic mass is 35.5. The number of rotatable bonds is 4. The van der Waals surface area contributed by atoms with Crippen LogP contribution in [0.15, 0.2) is 29.0 Å². The molecule has 18 heavy (non-hydrogen) atoms. The van der Waals surface area contributed by atoms with Crippen molar-refractivity contribution in [1.29, 1.82) is 0 Å². The third-order valence-electron chi connectivity index (χ3n) is 2.88. The van der Waals surface area contributed by atoms with E-state index in [1.165, 1.54) is 5.56 Å². The van der Waals surface area contributed by atoms with Crippen LogP contribution in [0.2, 0.25) is 5.02 Å². The summed E-state index contributed by atoms with van der Waals surface area (Å²) in [6.07, 6.45) is 0. The summed E-state index contributed by atoms with van der Waals surface area (Å²) in [4.78, 5) is 0. The lowest BCUT2D eigenvalue weighted by molar-refractivity contribution is 0.404. The van der Waals surface area contributed by atoms with Crippen LogP contribution < -0.4 is 16.0 Å². The average molecular weight is 283 g/mol. The molecular weight excluding hydrogens is 268 g/mol. The Bertz CT molecular complexity index is 542. The fraction of sp³-hybridized carbons (Fsp3) is 0.231. The van der Waals surface area contributed by atoms with Gasteiger partial charge in [-0.2, -0.15) is 11.3 Å². The van der Waals surface area contributed by atoms with E-state index >= 15 is 0 Å². The van der Waals surface area contributed by atoms with E-state index in [4.69, 9.17) is 22.2 Å². The Hall–Kier alpha value is -1.07. The fourth-order valence-corrected chi connectivity index (χ4v) is 3.00. The molecule has 0 aliphatic rings. The van der Waals surface area contributed by atoms with Gasteiger partial charge in [0.2, 0.25) is 0 Å². The third-order valence-corrected chi connectivity index (χ3v) is 3.99. The Kier molecular flexibility index (Phi) is 4.24. The van der Waals surface area contributed by atoms with Crippen LogP contribution in [0.5, 0.6) is 5.75 Å². The van der Waals surface area contributed by atoms with Gasteiger partial charge in [0.05, 0.1) is 13.2 Å². The van der Waals surface area contributed by atoms with Gasteiger partial charge in [0.15, 0.2) is 0 Å². The van der Waals surface area contributed by atoms with E-state index in [0.717, 1.165) is 16.9 Å². The zero-order chi connectivity index (χ0) is 13.1. The molecule has 2 rings (SSSR count). The Morgan fingerprint density at radius 1 is 1.33 bits per heavy atom. The number of hydrogen-bond donors (Lipinski definition) is 2. The van der Waals surface area contributed by atoms with Gasteiger partial charge in [-0.1, -0.05) is 11.6 Å². The summed E-state index contributed by atoms with van der Waals surface area (Å²) in [6, 6.07) is 5.41. The number of hydrazine groups is 1. The zero-order valence-electron chi connectivity index (χ0n) is 10.2. The summed E-state index contributed by atoms with van der Waals surface area (Å²) < 4.78 is 5.37. The molecule has 5 heteroatoms. The van der Waals surface area contributed by atoms with E-state index in [0.29, 0.717) is 5.02 Å². The van der Waals surface area contributed by atoms with E-state index in [2.05, 4.69) is 23.1 Å². The first-order valence-electron chi connectivity index (χ1n) is 5.49. The van der Waals surface area contributed by atoms with Crippen LogP contribution >= 0.6 is 22.9 Å². The van der Waals surface area contributed by atoms with Crippen LogP contribution in [-0.4, -0.2) is 7.11 Å². The van der Waals surface area contributed by atoms with Gasteiger partial charge >= 0.3 is 0 Å². The maximum absolute atomic E-state index is 6.05. The monoisotopic (exact) mass is 282 g/mol. The molecular formula is C13H15ClN2OS. The highest BCUT2D eigenvalue weighted by molar-refractivity contribution is 7.08. The van der Waals surface area contributed by atoms with Crippen molar-refractivity contribution in [3.8, 4) is 5.75 Å². The SMILES string of the molecule is COc1ccc(Cl)cc1C(NN)c1cscc1C. The number of thiophene rings is 1. The number of halogens is 1. The summed E-state index contributed by atoms with van der Waals surface area (Å²) in [5.41, 5.74) is 6.11. The number of ether oxygens (including phenoxy) is 1. The Morgan fingerprint density at radius 2 is 2.11 bits per heavy atom. The first kappa shape index (κ1) is 13.4. The molecule has 0 fully saturated rings. The normalized spacial score (nSPS) is 12.4. The zero-order valence-corrected chi connectivity index (χ0v) is 11.8. The Morgan fingerprint density at radius 3 is 2.67 bits per heavy atom. The van der Waals surface area contributed by atoms with Crippen LogP contribution in [0, 0.1) is 6.92 Å². The van der Waals surface area contributed by atoms with Crippen LogP contribution in [0.4, 0.5) is 0 Å². The molecule has 0 aliphatic carbocycles. The second-order valence-electron chi connectivity index (χ2n) is 4.00. The van der Waals surface area contributed by atoms with Crippen molar-refractivity contribution < 1.29 is 4.74 Å². The minimum absolute atomic E-state index is 0.120. The molecule has 0 aliphatic heterocycles. The lowest BCUT2D eigenvalue weighted by Crippen LogP contribution is -2.29. The van der Waals surface area contributed by atoms with Crippen molar-refractivity contribution in [2.45, 2.75) is 13.0 Å². The van der Waals surface area contributed by atoms with Crippen molar-refractivity contribution in [2.75, 3.05) is 7.11 Å². The van der Waals surface area contributed by atoms with E-state index < -0.39 is 0 Å². The molecule has 0 radical (unpaired) electrons. The van der Waals surface area contributed by atoms with Crippen molar-refractivity contribution >= 4 is 22.9 Å². The largest absolute Gasteiger partial charge is 0.496 e. The molecule has 2 aromatic rings. The molecule has 3 N–H and O–H groups in total. The van der Waals surface area contributed by atoms with Gasteiger partial charge in [-0.3, -0.25) is 5.84 Å². The lowest BCUT2D eigenvalue weighted by Gasteiger charge is -2.19. The van der Waals surface area contributed by atoms with Crippen LogP contribution in [0.25, 0.3) is 0 Å². The molecule has 1 atom stereocenters. The van der Waals surface area contributed by atoms with Crippen LogP contribution in [0.3, 0.4) is 0 Å². The topological polar surface area (TPSA) is 47.3 Å². The van der Waals surface area contributed by atoms with Crippen molar-refractivity contribution in [1.82, 2.24) is 5.43 Å². The van der Waals surface area contributed by atoms with E-state index in [1.54, 1.807) is 24.5 Å². The molecule has 0 spiro atoms. The van der Waals surface area contributed by atoms with Gasteiger partial charge in [0, 0.05) is 10.6 Å². The number of benzene rings is 1. The van der Waals surface area contributed by atoms with Crippen molar-refractivity contribution in [2.24, 2.45) is 5.84 Å². The molecule has 1 unspecified atom stereocenters. The van der Waals surface area contributed by atoms with Crippen LogP contribution in [-0.2, 0) is 0 Å². The van der Waals surface area contributed by atoms with Gasteiger partial charge in [-0.05, 0) is 47.0 Å². The van der Waals surface area contributed by atoms with Gasteiger partial charge in [-0.15, -0.1) is 0 Å². The Balaban J connectivity index is 2.51. The van der Waals surface area contributed by atoms with E-state index in [1.807, 2.05) is 12.1 Å². The molecule has 0 saturated carbocycles. The highest BCUT2D eigenvalue weighted by Gasteiger charge is 2.19. The second-order valence-corrected chi connectivity index (χ2v) is 5.18. The molecule has 0 saturated heterocycles. The number of nitrogens with one attached hydrogen (secondary N) is 1. The summed E-state index contributed by atoms with van der Waals surface area (Å²) in [6.45, 7) is 2.06. The Labute approximate surface area is 116 Å². The second kappa shape index (κ2) is 5.71. The van der Waals surface area contributed by atoms with Gasteiger partial charge in [0.1, 0.15) is 5.75 Å². The van der Waals surface area contributed by atoms with Gasteiger partial charge < -0.3 is 4.74 Å². The minimum Gasteiger partial charge on any atom is -0.496 e. The number of nitrogens with two attached hydrogens (primary N) is 1. The minimum atomic E-state index is -0.120. The summed E-state index contributed by atoms with van der Waals surface area (Å²) >= 11 is 7.71. The molecule has 0 amide bonds. The molecule has 1 heterocycles. The van der Waals surface area contributed by atoms with Crippen molar-refractivity contribution in [3.63, 3.8) is 0 Å². The first-order chi connectivity index (χ1) is 8.67. The molecule has 1 aromatic heterocycles. The summed E-state index contributed by atoms with van der Waals surface area (Å²) in [5.74, 6) is 6.47. The quantitative estimate of drug-likeness (QED) is 0.668. The molecule has 96 valence electrons. The fourth-order valence-electron chi connectivity index (χ4n) is 1.94. The number of methoxy groups -OCH3 is 1. The predicted molar refractivity (Wildman–Crippen MR) is 76.2 cm³/mol. The van der Waals surface area contributed by atoms with E-state index in [9.17, 15) is 0 Å². The summed E-state index contributed by atoms with van der Waals surface area (Å²) in [7, 11) is 1.64. The van der Waals surface area contributed by atoms with Gasteiger partial charge in [-0.25, -0.2) is 5.43 Å². The first-order valence-corrected chi connectivity index (χ1v) is 6.81. The molecule has 1 aromatic carbocycles. The maximum Gasteiger partial charge on any atom is 0.124 e. The summed E-state index contributed by atoms with van der Waals surface area (Å²) in [5, 5.41) is 4.84.